The van der Waals surface area contributed by atoms with Crippen molar-refractivity contribution in [2.24, 2.45) is 5.73 Å². The maximum atomic E-state index is 13.3. The summed E-state index contributed by atoms with van der Waals surface area (Å²) in [5, 5.41) is 11.6. The minimum absolute atomic E-state index is 0.113. The van der Waals surface area contributed by atoms with Crippen LogP contribution >= 0.6 is 11.6 Å². The van der Waals surface area contributed by atoms with Crippen molar-refractivity contribution in [2.45, 2.75) is 18.9 Å². The van der Waals surface area contributed by atoms with E-state index in [4.69, 9.17) is 17.3 Å². The van der Waals surface area contributed by atoms with Gasteiger partial charge in [-0.15, -0.1) is 0 Å². The minimum Gasteiger partial charge on any atom is -0.327 e. The summed E-state index contributed by atoms with van der Waals surface area (Å²) >= 11 is 5.90. The highest BCUT2D eigenvalue weighted by molar-refractivity contribution is 6.30. The van der Waals surface area contributed by atoms with Crippen LogP contribution in [0.5, 0.6) is 0 Å². The lowest BCUT2D eigenvalue weighted by atomic mass is 9.98. The van der Waals surface area contributed by atoms with Crippen molar-refractivity contribution in [1.82, 2.24) is 0 Å². The van der Waals surface area contributed by atoms with E-state index in [-0.39, 0.29) is 18.2 Å². The third-order valence-corrected chi connectivity index (χ3v) is 3.34. The molecular weight excluding hydrogens is 295 g/mol. The first kappa shape index (κ1) is 15.4. The second-order valence-corrected chi connectivity index (χ2v) is 5.26. The zero-order valence-electron chi connectivity index (χ0n) is 11.1. The highest BCUT2D eigenvalue weighted by atomic mass is 35.5. The van der Waals surface area contributed by atoms with E-state index < -0.39 is 10.7 Å². The largest absolute Gasteiger partial charge is 0.327 e. The lowest BCUT2D eigenvalue weighted by Gasteiger charge is -2.12. The number of hydrogen-bond donors (Lipinski definition) is 1. The Morgan fingerprint density at radius 1 is 1.24 bits per heavy atom. The van der Waals surface area contributed by atoms with Gasteiger partial charge in [-0.05, 0) is 42.7 Å². The standard InChI is InChI=1S/C15H14ClFN2O2/c16-12-3-1-2-10(6-12)7-14(18)9-11-8-13(17)4-5-15(11)19(20)21/h1-6,8,14H,7,9,18H2. The first-order chi connectivity index (χ1) is 9.95. The van der Waals surface area contributed by atoms with Crippen LogP contribution in [-0.2, 0) is 12.8 Å². The fourth-order valence-corrected chi connectivity index (χ4v) is 2.43. The van der Waals surface area contributed by atoms with Gasteiger partial charge in [0.15, 0.2) is 0 Å². The summed E-state index contributed by atoms with van der Waals surface area (Å²) in [4.78, 5) is 10.4. The summed E-state index contributed by atoms with van der Waals surface area (Å²) in [5.74, 6) is -0.509. The third kappa shape index (κ3) is 4.24. The van der Waals surface area contributed by atoms with Gasteiger partial charge in [0, 0.05) is 22.7 Å². The first-order valence-corrected chi connectivity index (χ1v) is 6.76. The molecule has 2 N–H and O–H groups in total. The van der Waals surface area contributed by atoms with E-state index in [2.05, 4.69) is 0 Å². The SMILES string of the molecule is NC(Cc1cccc(Cl)c1)Cc1cc(F)ccc1[N+](=O)[O-]. The van der Waals surface area contributed by atoms with Crippen molar-refractivity contribution >= 4 is 17.3 Å². The summed E-state index contributed by atoms with van der Waals surface area (Å²) in [6.07, 6.45) is 0.731. The van der Waals surface area contributed by atoms with Crippen molar-refractivity contribution in [3.63, 3.8) is 0 Å². The highest BCUT2D eigenvalue weighted by Crippen LogP contribution is 2.22. The second-order valence-electron chi connectivity index (χ2n) is 4.83. The summed E-state index contributed by atoms with van der Waals surface area (Å²) in [6, 6.07) is 10.3. The molecule has 2 aromatic carbocycles. The van der Waals surface area contributed by atoms with Crippen LogP contribution in [-0.4, -0.2) is 11.0 Å². The molecule has 0 heterocycles. The number of nitro benzene ring substituents is 1. The Labute approximate surface area is 126 Å². The van der Waals surface area contributed by atoms with E-state index in [1.807, 2.05) is 12.1 Å². The highest BCUT2D eigenvalue weighted by Gasteiger charge is 2.17. The first-order valence-electron chi connectivity index (χ1n) is 6.38. The number of rotatable bonds is 5. The Morgan fingerprint density at radius 2 is 2.00 bits per heavy atom. The topological polar surface area (TPSA) is 69.2 Å². The normalized spacial score (nSPS) is 12.1. The molecule has 110 valence electrons. The van der Waals surface area contributed by atoms with Gasteiger partial charge in [0.1, 0.15) is 5.82 Å². The molecule has 2 rings (SSSR count). The molecule has 0 aliphatic carbocycles. The maximum absolute atomic E-state index is 13.3. The fourth-order valence-electron chi connectivity index (χ4n) is 2.22. The number of hydrogen-bond acceptors (Lipinski definition) is 3. The van der Waals surface area contributed by atoms with Crippen LogP contribution in [0.25, 0.3) is 0 Å². The lowest BCUT2D eigenvalue weighted by Crippen LogP contribution is -2.26. The van der Waals surface area contributed by atoms with E-state index in [0.29, 0.717) is 17.0 Å². The van der Waals surface area contributed by atoms with Crippen LogP contribution in [0.4, 0.5) is 10.1 Å². The molecular formula is C15H14ClFN2O2. The number of nitrogens with zero attached hydrogens (tertiary/aromatic N) is 1. The molecule has 0 bridgehead atoms. The summed E-state index contributed by atoms with van der Waals surface area (Å²) in [7, 11) is 0. The summed E-state index contributed by atoms with van der Waals surface area (Å²) in [5.41, 5.74) is 7.15. The van der Waals surface area contributed by atoms with Gasteiger partial charge in [-0.3, -0.25) is 10.1 Å². The van der Waals surface area contributed by atoms with E-state index >= 15 is 0 Å². The molecule has 1 unspecified atom stereocenters. The number of nitro groups is 1. The lowest BCUT2D eigenvalue weighted by molar-refractivity contribution is -0.385. The van der Waals surface area contributed by atoms with E-state index in [0.717, 1.165) is 23.8 Å². The van der Waals surface area contributed by atoms with Gasteiger partial charge in [0.25, 0.3) is 5.69 Å². The van der Waals surface area contributed by atoms with Crippen LogP contribution in [0.2, 0.25) is 5.02 Å². The maximum Gasteiger partial charge on any atom is 0.272 e. The zero-order chi connectivity index (χ0) is 15.4. The van der Waals surface area contributed by atoms with Crippen LogP contribution in [0.3, 0.4) is 0 Å². The van der Waals surface area contributed by atoms with Crippen molar-refractivity contribution in [3.8, 4) is 0 Å². The van der Waals surface area contributed by atoms with Crippen molar-refractivity contribution in [2.75, 3.05) is 0 Å². The van der Waals surface area contributed by atoms with Crippen molar-refractivity contribution in [3.05, 3.63) is 74.5 Å². The summed E-state index contributed by atoms with van der Waals surface area (Å²) < 4.78 is 13.3. The Bertz CT molecular complexity index is 664. The molecule has 0 spiro atoms. The molecule has 21 heavy (non-hydrogen) atoms. The number of benzene rings is 2. The smallest absolute Gasteiger partial charge is 0.272 e. The van der Waals surface area contributed by atoms with Crippen LogP contribution in [0, 0.1) is 15.9 Å². The number of nitrogens with two attached hydrogens (primary N) is 1. The average Bonchev–Trinajstić information content (AvgIpc) is 2.38. The van der Waals surface area contributed by atoms with Gasteiger partial charge < -0.3 is 5.73 Å². The predicted molar refractivity (Wildman–Crippen MR) is 79.9 cm³/mol. The van der Waals surface area contributed by atoms with Crippen LogP contribution in [0.1, 0.15) is 11.1 Å². The summed E-state index contributed by atoms with van der Waals surface area (Å²) in [6.45, 7) is 0. The molecule has 1 atom stereocenters. The van der Waals surface area contributed by atoms with E-state index in [1.54, 1.807) is 12.1 Å². The van der Waals surface area contributed by atoms with Gasteiger partial charge in [0.05, 0.1) is 4.92 Å². The third-order valence-electron chi connectivity index (χ3n) is 3.11. The monoisotopic (exact) mass is 308 g/mol. The zero-order valence-corrected chi connectivity index (χ0v) is 11.9. The number of halogens is 2. The molecule has 0 aliphatic heterocycles. The minimum atomic E-state index is -0.527. The molecule has 0 amide bonds. The Morgan fingerprint density at radius 3 is 2.67 bits per heavy atom. The van der Waals surface area contributed by atoms with Crippen molar-refractivity contribution in [1.29, 1.82) is 0 Å². The molecule has 0 saturated carbocycles. The van der Waals surface area contributed by atoms with Gasteiger partial charge in [0.2, 0.25) is 0 Å². The van der Waals surface area contributed by atoms with Crippen LogP contribution in [0.15, 0.2) is 42.5 Å². The van der Waals surface area contributed by atoms with Gasteiger partial charge in [-0.25, -0.2) is 4.39 Å². The Kier molecular flexibility index (Phi) is 4.88. The molecule has 0 aromatic heterocycles. The predicted octanol–water partition coefficient (Wildman–Crippen LogP) is 3.50. The molecule has 0 aliphatic rings. The average molecular weight is 309 g/mol. The van der Waals surface area contributed by atoms with Gasteiger partial charge in [-0.1, -0.05) is 23.7 Å². The molecule has 0 radical (unpaired) electrons. The molecule has 2 aromatic rings. The van der Waals surface area contributed by atoms with Gasteiger partial charge >= 0.3 is 0 Å². The second kappa shape index (κ2) is 6.65. The van der Waals surface area contributed by atoms with E-state index in [9.17, 15) is 14.5 Å². The van der Waals surface area contributed by atoms with E-state index in [1.165, 1.54) is 0 Å². The van der Waals surface area contributed by atoms with Crippen LogP contribution < -0.4 is 5.73 Å². The quantitative estimate of drug-likeness (QED) is 0.679. The Balaban J connectivity index is 2.14. The molecule has 6 heteroatoms. The Hall–Kier alpha value is -1.98. The van der Waals surface area contributed by atoms with Crippen molar-refractivity contribution < 1.29 is 9.31 Å². The molecule has 0 fully saturated rings. The molecule has 4 nitrogen and oxygen atoms in total. The van der Waals surface area contributed by atoms with Gasteiger partial charge in [-0.2, -0.15) is 0 Å². The fraction of sp³-hybridized carbons (Fsp3) is 0.200. The molecule has 0 saturated heterocycles.